The molecule has 1 aromatic heterocycles. The molecule has 1 aromatic rings. The van der Waals surface area contributed by atoms with E-state index in [4.69, 9.17) is 16.3 Å². The summed E-state index contributed by atoms with van der Waals surface area (Å²) in [7, 11) is 1.72. The van der Waals surface area contributed by atoms with Gasteiger partial charge in [-0.05, 0) is 19.0 Å². The molecule has 0 spiro atoms. The number of hydrogen-bond acceptors (Lipinski definition) is 3. The summed E-state index contributed by atoms with van der Waals surface area (Å²) < 4.78 is 4.94. The second-order valence-corrected chi connectivity index (χ2v) is 4.19. The van der Waals surface area contributed by atoms with Gasteiger partial charge in [0.05, 0.1) is 5.02 Å². The molecule has 0 radical (unpaired) electrons. The molecule has 0 aliphatic heterocycles. The molecule has 4 heteroatoms. The van der Waals surface area contributed by atoms with E-state index in [1.807, 2.05) is 11.4 Å². The number of methoxy groups -OCH3 is 1. The lowest BCUT2D eigenvalue weighted by Crippen LogP contribution is -2.15. The average molecular weight is 220 g/mol. The highest BCUT2D eigenvalue weighted by atomic mass is 35.5. The zero-order valence-corrected chi connectivity index (χ0v) is 9.25. The van der Waals surface area contributed by atoms with Crippen LogP contribution in [0.15, 0.2) is 11.4 Å². The van der Waals surface area contributed by atoms with Crippen LogP contribution in [0, 0.1) is 0 Å². The Morgan fingerprint density at radius 1 is 1.62 bits per heavy atom. The van der Waals surface area contributed by atoms with Crippen LogP contribution in [-0.4, -0.2) is 20.3 Å². The van der Waals surface area contributed by atoms with Crippen molar-refractivity contribution in [1.29, 1.82) is 0 Å². The first-order valence-corrected chi connectivity index (χ1v) is 5.51. The normalized spacial score (nSPS) is 10.6. The van der Waals surface area contributed by atoms with Gasteiger partial charge in [0.25, 0.3) is 0 Å². The van der Waals surface area contributed by atoms with E-state index in [9.17, 15) is 0 Å². The lowest BCUT2D eigenvalue weighted by molar-refractivity contribution is 0.194. The third kappa shape index (κ3) is 4.62. The van der Waals surface area contributed by atoms with E-state index in [2.05, 4.69) is 5.32 Å². The Morgan fingerprint density at radius 3 is 3.08 bits per heavy atom. The van der Waals surface area contributed by atoms with E-state index in [0.29, 0.717) is 0 Å². The van der Waals surface area contributed by atoms with E-state index < -0.39 is 0 Å². The van der Waals surface area contributed by atoms with Gasteiger partial charge in [0.1, 0.15) is 0 Å². The molecule has 0 amide bonds. The Kier molecular flexibility index (Phi) is 5.39. The van der Waals surface area contributed by atoms with Crippen LogP contribution in [-0.2, 0) is 11.3 Å². The molecule has 0 saturated carbocycles. The van der Waals surface area contributed by atoms with Crippen molar-refractivity contribution < 1.29 is 4.74 Å². The Balaban J connectivity index is 2.06. The van der Waals surface area contributed by atoms with Crippen molar-refractivity contribution in [2.45, 2.75) is 13.0 Å². The molecule has 74 valence electrons. The summed E-state index contributed by atoms with van der Waals surface area (Å²) in [5.41, 5.74) is 0. The first kappa shape index (κ1) is 11.0. The molecule has 1 rings (SSSR count). The van der Waals surface area contributed by atoms with Crippen LogP contribution >= 0.6 is 22.9 Å². The van der Waals surface area contributed by atoms with Gasteiger partial charge in [0, 0.05) is 30.5 Å². The van der Waals surface area contributed by atoms with Crippen molar-refractivity contribution in [1.82, 2.24) is 5.32 Å². The highest BCUT2D eigenvalue weighted by molar-refractivity contribution is 7.10. The van der Waals surface area contributed by atoms with Gasteiger partial charge in [0.15, 0.2) is 0 Å². The van der Waals surface area contributed by atoms with Gasteiger partial charge in [-0.25, -0.2) is 0 Å². The number of hydrogen-bond donors (Lipinski definition) is 1. The first-order chi connectivity index (χ1) is 6.33. The Morgan fingerprint density at radius 2 is 2.46 bits per heavy atom. The first-order valence-electron chi connectivity index (χ1n) is 4.25. The van der Waals surface area contributed by atoms with Gasteiger partial charge in [-0.1, -0.05) is 11.6 Å². The van der Waals surface area contributed by atoms with Gasteiger partial charge in [0.2, 0.25) is 0 Å². The SMILES string of the molecule is COCCCNCc1cc(Cl)cs1. The van der Waals surface area contributed by atoms with Gasteiger partial charge >= 0.3 is 0 Å². The number of ether oxygens (including phenoxy) is 1. The molecular weight excluding hydrogens is 206 g/mol. The monoisotopic (exact) mass is 219 g/mol. The highest BCUT2D eigenvalue weighted by Gasteiger charge is 1.96. The van der Waals surface area contributed by atoms with Crippen molar-refractivity contribution in [2.75, 3.05) is 20.3 Å². The summed E-state index contributed by atoms with van der Waals surface area (Å²) in [6, 6.07) is 2.00. The van der Waals surface area contributed by atoms with Crippen LogP contribution in [0.1, 0.15) is 11.3 Å². The lowest BCUT2D eigenvalue weighted by atomic mass is 10.4. The summed E-state index contributed by atoms with van der Waals surface area (Å²) in [5.74, 6) is 0. The van der Waals surface area contributed by atoms with Crippen LogP contribution in [0.5, 0.6) is 0 Å². The van der Waals surface area contributed by atoms with Crippen molar-refractivity contribution >= 4 is 22.9 Å². The molecule has 0 unspecified atom stereocenters. The van der Waals surface area contributed by atoms with Crippen molar-refractivity contribution in [2.24, 2.45) is 0 Å². The minimum atomic E-state index is 0.818. The third-order valence-corrected chi connectivity index (χ3v) is 2.91. The molecule has 1 heterocycles. The summed E-state index contributed by atoms with van der Waals surface area (Å²) in [4.78, 5) is 1.28. The fraction of sp³-hybridized carbons (Fsp3) is 0.556. The molecule has 0 saturated heterocycles. The Hall–Kier alpha value is -0.0900. The maximum absolute atomic E-state index is 5.79. The van der Waals surface area contributed by atoms with E-state index in [0.717, 1.165) is 31.1 Å². The number of rotatable bonds is 6. The molecular formula is C9H14ClNOS. The summed E-state index contributed by atoms with van der Waals surface area (Å²) >= 11 is 7.47. The fourth-order valence-corrected chi connectivity index (χ4v) is 2.04. The molecule has 0 bridgehead atoms. The summed E-state index contributed by atoms with van der Waals surface area (Å²) in [6.07, 6.45) is 1.05. The van der Waals surface area contributed by atoms with Gasteiger partial charge < -0.3 is 10.1 Å². The van der Waals surface area contributed by atoms with Crippen LogP contribution in [0.4, 0.5) is 0 Å². The van der Waals surface area contributed by atoms with Gasteiger partial charge in [-0.2, -0.15) is 0 Å². The highest BCUT2D eigenvalue weighted by Crippen LogP contribution is 2.18. The molecule has 0 fully saturated rings. The van der Waals surface area contributed by atoms with Gasteiger partial charge in [-0.15, -0.1) is 11.3 Å². The summed E-state index contributed by atoms with van der Waals surface area (Å²) in [6.45, 7) is 2.71. The predicted molar refractivity (Wildman–Crippen MR) is 57.5 cm³/mol. The number of nitrogens with one attached hydrogen (secondary N) is 1. The molecule has 2 nitrogen and oxygen atoms in total. The van der Waals surface area contributed by atoms with Crippen LogP contribution in [0.3, 0.4) is 0 Å². The number of thiophene rings is 1. The zero-order chi connectivity index (χ0) is 9.52. The van der Waals surface area contributed by atoms with Crippen molar-refractivity contribution in [3.8, 4) is 0 Å². The maximum atomic E-state index is 5.79. The largest absolute Gasteiger partial charge is 0.385 e. The molecule has 0 aromatic carbocycles. The Bertz CT molecular complexity index is 239. The molecule has 1 N–H and O–H groups in total. The van der Waals surface area contributed by atoms with Crippen LogP contribution in [0.25, 0.3) is 0 Å². The fourth-order valence-electron chi connectivity index (χ4n) is 1.000. The minimum Gasteiger partial charge on any atom is -0.385 e. The number of halogens is 1. The van der Waals surface area contributed by atoms with Crippen LogP contribution < -0.4 is 5.32 Å². The quantitative estimate of drug-likeness (QED) is 0.743. The van der Waals surface area contributed by atoms with E-state index in [-0.39, 0.29) is 0 Å². The van der Waals surface area contributed by atoms with Crippen molar-refractivity contribution in [3.05, 3.63) is 21.3 Å². The van der Waals surface area contributed by atoms with E-state index >= 15 is 0 Å². The Labute approximate surface area is 87.9 Å². The summed E-state index contributed by atoms with van der Waals surface area (Å²) in [5, 5.41) is 6.11. The zero-order valence-electron chi connectivity index (χ0n) is 7.68. The third-order valence-electron chi connectivity index (χ3n) is 1.62. The second-order valence-electron chi connectivity index (χ2n) is 2.75. The predicted octanol–water partition coefficient (Wildman–Crippen LogP) is 2.53. The topological polar surface area (TPSA) is 21.3 Å². The van der Waals surface area contributed by atoms with E-state index in [1.54, 1.807) is 18.4 Å². The standard InChI is InChI=1S/C9H14ClNOS/c1-12-4-2-3-11-6-9-5-8(10)7-13-9/h5,7,11H,2-4,6H2,1H3. The van der Waals surface area contributed by atoms with Crippen LogP contribution in [0.2, 0.25) is 5.02 Å². The molecule has 0 atom stereocenters. The second kappa shape index (κ2) is 6.38. The molecule has 0 aliphatic carbocycles. The minimum absolute atomic E-state index is 0.818. The van der Waals surface area contributed by atoms with E-state index in [1.165, 1.54) is 4.88 Å². The average Bonchev–Trinajstić information content (AvgIpc) is 2.51. The van der Waals surface area contributed by atoms with Crippen molar-refractivity contribution in [3.63, 3.8) is 0 Å². The maximum Gasteiger partial charge on any atom is 0.0516 e. The van der Waals surface area contributed by atoms with Gasteiger partial charge in [-0.3, -0.25) is 0 Å². The lowest BCUT2D eigenvalue weighted by Gasteiger charge is -2.01. The smallest absolute Gasteiger partial charge is 0.0516 e. The molecule has 13 heavy (non-hydrogen) atoms. The molecule has 0 aliphatic rings.